The van der Waals surface area contributed by atoms with Gasteiger partial charge in [-0.15, -0.1) is 0 Å². The maximum absolute atomic E-state index is 13.8. The predicted molar refractivity (Wildman–Crippen MR) is 148 cm³/mol. The molecule has 1 atom stereocenters. The summed E-state index contributed by atoms with van der Waals surface area (Å²) in [5.74, 6) is -0.256. The van der Waals surface area contributed by atoms with Gasteiger partial charge in [-0.1, -0.05) is 44.4 Å². The molecule has 0 saturated heterocycles. The van der Waals surface area contributed by atoms with Gasteiger partial charge in [0.1, 0.15) is 18.3 Å². The Kier molecular flexibility index (Phi) is 10.3. The zero-order chi connectivity index (χ0) is 28.6. The van der Waals surface area contributed by atoms with E-state index in [9.17, 15) is 28.1 Å². The molecule has 1 saturated carbocycles. The average molecular weight is 561 g/mol. The van der Waals surface area contributed by atoms with Crippen molar-refractivity contribution in [2.45, 2.75) is 64.1 Å². The first-order valence-corrected chi connectivity index (χ1v) is 14.8. The summed E-state index contributed by atoms with van der Waals surface area (Å²) in [5.41, 5.74) is 0.417. The normalized spacial score (nSPS) is 14.7. The number of carbonyl (C=O) groups is 2. The fraction of sp³-hybridized carbons (Fsp3) is 0.481. The highest BCUT2D eigenvalue weighted by atomic mass is 32.2. The summed E-state index contributed by atoms with van der Waals surface area (Å²) in [6.45, 7) is 1.24. The highest BCUT2D eigenvalue weighted by Gasteiger charge is 2.33. The lowest BCUT2D eigenvalue weighted by molar-refractivity contribution is -0.384. The van der Waals surface area contributed by atoms with E-state index in [-0.39, 0.29) is 29.9 Å². The first kappa shape index (κ1) is 29.9. The molecule has 1 N–H and O–H groups in total. The van der Waals surface area contributed by atoms with Crippen molar-refractivity contribution < 1.29 is 27.7 Å². The number of benzene rings is 2. The van der Waals surface area contributed by atoms with Crippen LogP contribution in [-0.2, 0) is 26.2 Å². The minimum atomic E-state index is -4.00. The first-order chi connectivity index (χ1) is 18.5. The van der Waals surface area contributed by atoms with Crippen LogP contribution >= 0.6 is 0 Å². The van der Waals surface area contributed by atoms with E-state index in [4.69, 9.17) is 4.74 Å². The fourth-order valence-electron chi connectivity index (χ4n) is 4.77. The van der Waals surface area contributed by atoms with Crippen LogP contribution in [0.15, 0.2) is 48.5 Å². The number of methoxy groups -OCH3 is 1. The zero-order valence-corrected chi connectivity index (χ0v) is 23.4. The zero-order valence-electron chi connectivity index (χ0n) is 22.5. The van der Waals surface area contributed by atoms with Crippen molar-refractivity contribution in [2.75, 3.05) is 24.2 Å². The second-order valence-corrected chi connectivity index (χ2v) is 11.6. The molecule has 1 aliphatic rings. The van der Waals surface area contributed by atoms with E-state index in [0.717, 1.165) is 54.3 Å². The molecular weight excluding hydrogens is 524 g/mol. The monoisotopic (exact) mass is 560 g/mol. The van der Waals surface area contributed by atoms with Gasteiger partial charge in [0.2, 0.25) is 21.8 Å². The minimum absolute atomic E-state index is 0.0100. The summed E-state index contributed by atoms with van der Waals surface area (Å²) in [4.78, 5) is 39.2. The Hall–Kier alpha value is -3.67. The Labute approximate surface area is 229 Å². The van der Waals surface area contributed by atoms with E-state index in [1.165, 1.54) is 23.1 Å². The number of carbonyl (C=O) groups excluding carboxylic acids is 2. The van der Waals surface area contributed by atoms with E-state index >= 15 is 0 Å². The molecule has 0 aromatic heterocycles. The molecule has 39 heavy (non-hydrogen) atoms. The van der Waals surface area contributed by atoms with Crippen molar-refractivity contribution in [1.29, 1.82) is 0 Å². The van der Waals surface area contributed by atoms with Crippen molar-refractivity contribution in [2.24, 2.45) is 0 Å². The molecule has 1 fully saturated rings. The molecule has 0 bridgehead atoms. The van der Waals surface area contributed by atoms with Crippen LogP contribution in [0.4, 0.5) is 11.4 Å². The number of rotatable bonds is 12. The lowest BCUT2D eigenvalue weighted by atomic mass is 9.95. The molecule has 12 heteroatoms. The van der Waals surface area contributed by atoms with E-state index in [1.54, 1.807) is 38.3 Å². The van der Waals surface area contributed by atoms with Crippen LogP contribution in [0.2, 0.25) is 0 Å². The summed E-state index contributed by atoms with van der Waals surface area (Å²) < 4.78 is 31.5. The molecule has 0 heterocycles. The number of nitrogens with zero attached hydrogens (tertiary/aromatic N) is 3. The number of nitro groups is 1. The maximum atomic E-state index is 13.8. The largest absolute Gasteiger partial charge is 0.497 e. The van der Waals surface area contributed by atoms with Crippen LogP contribution in [0.25, 0.3) is 0 Å². The van der Waals surface area contributed by atoms with Gasteiger partial charge in [-0.05, 0) is 43.0 Å². The Morgan fingerprint density at radius 2 is 1.79 bits per heavy atom. The molecule has 2 aromatic rings. The first-order valence-electron chi connectivity index (χ1n) is 13.0. The Morgan fingerprint density at radius 1 is 1.13 bits per heavy atom. The highest BCUT2D eigenvalue weighted by molar-refractivity contribution is 7.92. The van der Waals surface area contributed by atoms with Crippen molar-refractivity contribution >= 4 is 33.2 Å². The molecule has 0 aliphatic heterocycles. The SMILES string of the molecule is CC[C@@H](C(=O)NC1CCCCC1)N(Cc1ccc(OC)cc1)C(=O)CN(c1cccc([N+](=O)[O-])c1)S(C)(=O)=O. The minimum Gasteiger partial charge on any atom is -0.497 e. The van der Waals surface area contributed by atoms with Crippen LogP contribution < -0.4 is 14.4 Å². The van der Waals surface area contributed by atoms with Crippen molar-refractivity contribution in [1.82, 2.24) is 10.2 Å². The number of hydrogen-bond donors (Lipinski definition) is 1. The van der Waals surface area contributed by atoms with E-state index in [1.807, 2.05) is 0 Å². The van der Waals surface area contributed by atoms with Gasteiger partial charge in [0.25, 0.3) is 5.69 Å². The molecular formula is C27H36N4O7S. The third kappa shape index (κ3) is 8.16. The van der Waals surface area contributed by atoms with Gasteiger partial charge in [0.05, 0.1) is 24.0 Å². The number of nitro benzene ring substituents is 1. The van der Waals surface area contributed by atoms with Gasteiger partial charge in [0, 0.05) is 24.7 Å². The van der Waals surface area contributed by atoms with Gasteiger partial charge in [-0.2, -0.15) is 0 Å². The van der Waals surface area contributed by atoms with Gasteiger partial charge >= 0.3 is 0 Å². The molecule has 2 aromatic carbocycles. The summed E-state index contributed by atoms with van der Waals surface area (Å²) >= 11 is 0. The standard InChI is InChI=1S/C27H36N4O7S/c1-4-25(27(33)28-21-9-6-5-7-10-21)29(18-20-13-15-24(38-2)16-14-20)26(32)19-30(39(3,36)37)22-11-8-12-23(17-22)31(34)35/h8,11-17,21,25H,4-7,9-10,18-19H2,1-3H3,(H,28,33)/t25-/m0/s1. The Morgan fingerprint density at radius 3 is 2.36 bits per heavy atom. The van der Waals surface area contributed by atoms with Gasteiger partial charge in [0.15, 0.2) is 0 Å². The van der Waals surface area contributed by atoms with Gasteiger partial charge in [-0.3, -0.25) is 24.0 Å². The number of nitrogens with one attached hydrogen (secondary N) is 1. The fourth-order valence-corrected chi connectivity index (χ4v) is 5.61. The van der Waals surface area contributed by atoms with E-state index < -0.39 is 33.4 Å². The second-order valence-electron chi connectivity index (χ2n) is 9.68. The quantitative estimate of drug-likeness (QED) is 0.309. The topological polar surface area (TPSA) is 139 Å². The molecule has 0 spiro atoms. The number of amides is 2. The highest BCUT2D eigenvalue weighted by Crippen LogP contribution is 2.25. The van der Waals surface area contributed by atoms with Crippen LogP contribution in [0, 0.1) is 10.1 Å². The lowest BCUT2D eigenvalue weighted by Gasteiger charge is -2.34. The number of ether oxygens (including phenoxy) is 1. The third-order valence-electron chi connectivity index (χ3n) is 6.86. The van der Waals surface area contributed by atoms with Crippen LogP contribution in [0.3, 0.4) is 0 Å². The van der Waals surface area contributed by atoms with E-state index in [2.05, 4.69) is 5.32 Å². The number of hydrogen-bond acceptors (Lipinski definition) is 7. The van der Waals surface area contributed by atoms with Crippen LogP contribution in [0.5, 0.6) is 5.75 Å². The number of sulfonamides is 1. The van der Waals surface area contributed by atoms with Crippen molar-refractivity contribution in [3.8, 4) is 5.75 Å². The second kappa shape index (κ2) is 13.4. The van der Waals surface area contributed by atoms with Crippen LogP contribution in [0.1, 0.15) is 51.0 Å². The lowest BCUT2D eigenvalue weighted by Crippen LogP contribution is -2.53. The maximum Gasteiger partial charge on any atom is 0.271 e. The summed E-state index contributed by atoms with van der Waals surface area (Å²) in [6.07, 6.45) is 6.19. The summed E-state index contributed by atoms with van der Waals surface area (Å²) in [7, 11) is -2.46. The van der Waals surface area contributed by atoms with Crippen molar-refractivity contribution in [3.05, 3.63) is 64.2 Å². The average Bonchev–Trinajstić information content (AvgIpc) is 2.91. The third-order valence-corrected chi connectivity index (χ3v) is 8.00. The Bertz CT molecular complexity index is 1260. The van der Waals surface area contributed by atoms with E-state index in [0.29, 0.717) is 12.2 Å². The molecule has 1 aliphatic carbocycles. The summed E-state index contributed by atoms with van der Waals surface area (Å²) in [5, 5.41) is 14.4. The molecule has 0 radical (unpaired) electrons. The molecule has 2 amide bonds. The Balaban J connectivity index is 1.93. The molecule has 11 nitrogen and oxygen atoms in total. The van der Waals surface area contributed by atoms with Crippen LogP contribution in [-0.4, -0.2) is 62.0 Å². The molecule has 3 rings (SSSR count). The predicted octanol–water partition coefficient (Wildman–Crippen LogP) is 3.63. The number of anilines is 1. The van der Waals surface area contributed by atoms with Gasteiger partial charge in [-0.25, -0.2) is 8.42 Å². The molecule has 0 unspecified atom stereocenters. The van der Waals surface area contributed by atoms with Gasteiger partial charge < -0.3 is 15.0 Å². The van der Waals surface area contributed by atoms with Crippen molar-refractivity contribution in [3.63, 3.8) is 0 Å². The smallest absolute Gasteiger partial charge is 0.271 e. The molecule has 212 valence electrons. The number of non-ortho nitro benzene ring substituents is 1. The summed E-state index contributed by atoms with van der Waals surface area (Å²) in [6, 6.07) is 11.3.